The van der Waals surface area contributed by atoms with Crippen LogP contribution in [0.2, 0.25) is 0 Å². The summed E-state index contributed by atoms with van der Waals surface area (Å²) in [5, 5.41) is 0. The SMILES string of the molecule is CCC1=C(C(=O)OC)[C@H](c2ccccc2)n2c(s/c(=C/c3cc(I)cc(OC)c3OC(C)C)c2=O)=N1. The molecular weight excluding hydrogens is 591 g/mol. The van der Waals surface area contributed by atoms with E-state index in [0.717, 1.165) is 14.7 Å². The molecule has 1 aliphatic heterocycles. The van der Waals surface area contributed by atoms with E-state index in [1.165, 1.54) is 18.4 Å². The summed E-state index contributed by atoms with van der Waals surface area (Å²) in [5.74, 6) is 0.676. The van der Waals surface area contributed by atoms with E-state index in [4.69, 9.17) is 19.2 Å². The van der Waals surface area contributed by atoms with Crippen molar-refractivity contribution in [3.05, 3.63) is 88.1 Å². The zero-order valence-corrected chi connectivity index (χ0v) is 23.7. The molecule has 36 heavy (non-hydrogen) atoms. The van der Waals surface area contributed by atoms with E-state index < -0.39 is 12.0 Å². The van der Waals surface area contributed by atoms with Crippen molar-refractivity contribution in [3.8, 4) is 11.5 Å². The molecule has 1 atom stereocenters. The van der Waals surface area contributed by atoms with E-state index in [1.807, 2.05) is 69.3 Å². The number of hydrogen-bond acceptors (Lipinski definition) is 7. The third kappa shape index (κ3) is 4.99. The number of thiazole rings is 1. The first-order chi connectivity index (χ1) is 17.3. The molecule has 3 aromatic rings. The summed E-state index contributed by atoms with van der Waals surface area (Å²) in [5.41, 5.74) is 2.30. The van der Waals surface area contributed by atoms with Crippen LogP contribution < -0.4 is 24.4 Å². The van der Waals surface area contributed by atoms with E-state index in [9.17, 15) is 9.59 Å². The third-order valence-corrected chi connectivity index (χ3v) is 7.28. The van der Waals surface area contributed by atoms with Crippen molar-refractivity contribution in [2.75, 3.05) is 14.2 Å². The Kier molecular flexibility index (Phi) is 7.99. The van der Waals surface area contributed by atoms with Gasteiger partial charge >= 0.3 is 5.97 Å². The number of ether oxygens (including phenoxy) is 3. The normalized spacial score (nSPS) is 15.5. The topological polar surface area (TPSA) is 79.1 Å². The van der Waals surface area contributed by atoms with Crippen LogP contribution in [0.25, 0.3) is 6.08 Å². The standard InChI is InChI=1S/C27H27IN2O5S/c1-6-19-22(26(32)34-5)23(16-10-8-7-9-11-16)30-25(31)21(36-27(30)29-19)13-17-12-18(28)14-20(33-4)24(17)35-15(2)3/h7-15,23H,6H2,1-5H3/b21-13+/t23-/m0/s1. The molecule has 0 amide bonds. The number of fused-ring (bicyclic) bond motifs is 1. The Bertz CT molecular complexity index is 1510. The average molecular weight is 618 g/mol. The molecule has 2 aromatic carbocycles. The molecule has 0 saturated carbocycles. The summed E-state index contributed by atoms with van der Waals surface area (Å²) in [6, 6.07) is 12.7. The van der Waals surface area contributed by atoms with Crippen LogP contribution in [-0.4, -0.2) is 30.9 Å². The van der Waals surface area contributed by atoms with Crippen molar-refractivity contribution in [1.29, 1.82) is 0 Å². The Labute approximate surface area is 226 Å². The van der Waals surface area contributed by atoms with Crippen molar-refractivity contribution < 1.29 is 19.0 Å². The second kappa shape index (κ2) is 11.0. The summed E-state index contributed by atoms with van der Waals surface area (Å²) < 4.78 is 19.8. The monoisotopic (exact) mass is 618 g/mol. The molecule has 0 radical (unpaired) electrons. The fourth-order valence-electron chi connectivity index (χ4n) is 4.17. The molecule has 0 aliphatic carbocycles. The highest BCUT2D eigenvalue weighted by atomic mass is 127. The quantitative estimate of drug-likeness (QED) is 0.293. The van der Waals surface area contributed by atoms with E-state index in [1.54, 1.807) is 11.7 Å². The van der Waals surface area contributed by atoms with Gasteiger partial charge in [-0.25, -0.2) is 9.79 Å². The second-order valence-electron chi connectivity index (χ2n) is 8.39. The fourth-order valence-corrected chi connectivity index (χ4v) is 5.79. The zero-order chi connectivity index (χ0) is 26.0. The van der Waals surface area contributed by atoms with Crippen LogP contribution in [0.5, 0.6) is 11.5 Å². The Hall–Kier alpha value is -2.92. The van der Waals surface area contributed by atoms with E-state index in [0.29, 0.717) is 38.5 Å². The number of halogens is 1. The zero-order valence-electron chi connectivity index (χ0n) is 20.7. The number of esters is 1. The molecule has 1 aromatic heterocycles. The van der Waals surface area contributed by atoms with Crippen LogP contribution >= 0.6 is 33.9 Å². The van der Waals surface area contributed by atoms with Gasteiger partial charge in [0.25, 0.3) is 5.56 Å². The number of benzene rings is 2. The lowest BCUT2D eigenvalue weighted by Gasteiger charge is -2.25. The minimum Gasteiger partial charge on any atom is -0.493 e. The maximum Gasteiger partial charge on any atom is 0.338 e. The average Bonchev–Trinajstić information content (AvgIpc) is 3.18. The molecule has 0 fully saturated rings. The fraction of sp³-hybridized carbons (Fsp3) is 0.296. The number of carbonyl (C=O) groups is 1. The van der Waals surface area contributed by atoms with Gasteiger partial charge in [0.2, 0.25) is 0 Å². The summed E-state index contributed by atoms with van der Waals surface area (Å²) in [7, 11) is 2.94. The molecular formula is C27H27IN2O5S. The second-order valence-corrected chi connectivity index (χ2v) is 10.6. The summed E-state index contributed by atoms with van der Waals surface area (Å²) in [6.07, 6.45) is 2.25. The largest absolute Gasteiger partial charge is 0.493 e. The predicted octanol–water partition coefficient (Wildman–Crippen LogP) is 4.20. The third-order valence-electron chi connectivity index (χ3n) is 5.67. The minimum absolute atomic E-state index is 0.0832. The summed E-state index contributed by atoms with van der Waals surface area (Å²) in [4.78, 5) is 32.0. The van der Waals surface area contributed by atoms with Crippen LogP contribution in [0.4, 0.5) is 0 Å². The van der Waals surface area contributed by atoms with Crippen LogP contribution in [0.1, 0.15) is 44.4 Å². The Morgan fingerprint density at radius 3 is 2.56 bits per heavy atom. The van der Waals surface area contributed by atoms with Gasteiger partial charge in [0.1, 0.15) is 0 Å². The number of carbonyl (C=O) groups excluding carboxylic acids is 1. The van der Waals surface area contributed by atoms with Crippen molar-refractivity contribution >= 4 is 46.0 Å². The molecule has 9 heteroatoms. The van der Waals surface area contributed by atoms with Gasteiger partial charge in [-0.1, -0.05) is 48.6 Å². The van der Waals surface area contributed by atoms with Crippen LogP contribution in [0.3, 0.4) is 0 Å². The van der Waals surface area contributed by atoms with Gasteiger partial charge in [-0.3, -0.25) is 9.36 Å². The summed E-state index contributed by atoms with van der Waals surface area (Å²) >= 11 is 3.50. The van der Waals surface area contributed by atoms with E-state index >= 15 is 0 Å². The highest BCUT2D eigenvalue weighted by Crippen LogP contribution is 2.35. The number of hydrogen-bond donors (Lipinski definition) is 0. The van der Waals surface area contributed by atoms with Crippen LogP contribution in [-0.2, 0) is 9.53 Å². The van der Waals surface area contributed by atoms with Gasteiger partial charge in [-0.2, -0.15) is 0 Å². The predicted molar refractivity (Wildman–Crippen MR) is 148 cm³/mol. The van der Waals surface area contributed by atoms with Gasteiger partial charge in [-0.05, 0) is 66.6 Å². The van der Waals surface area contributed by atoms with E-state index in [2.05, 4.69) is 22.6 Å². The lowest BCUT2D eigenvalue weighted by Crippen LogP contribution is -2.40. The number of methoxy groups -OCH3 is 2. The first-order valence-electron chi connectivity index (χ1n) is 11.5. The van der Waals surface area contributed by atoms with E-state index in [-0.39, 0.29) is 11.7 Å². The Morgan fingerprint density at radius 1 is 1.22 bits per heavy atom. The number of rotatable bonds is 7. The molecule has 2 heterocycles. The molecule has 0 saturated heterocycles. The highest BCUT2D eigenvalue weighted by Gasteiger charge is 2.33. The number of allylic oxidation sites excluding steroid dienone is 1. The highest BCUT2D eigenvalue weighted by molar-refractivity contribution is 14.1. The van der Waals surface area contributed by atoms with Crippen LogP contribution in [0, 0.1) is 3.57 Å². The van der Waals surface area contributed by atoms with Gasteiger partial charge in [0.05, 0.1) is 42.2 Å². The molecule has 0 bridgehead atoms. The number of nitrogens with zero attached hydrogens (tertiary/aromatic N) is 2. The Balaban J connectivity index is 2.01. The molecule has 1 aliphatic rings. The lowest BCUT2D eigenvalue weighted by molar-refractivity contribution is -0.136. The molecule has 0 unspecified atom stereocenters. The van der Waals surface area contributed by atoms with Gasteiger partial charge < -0.3 is 14.2 Å². The summed E-state index contributed by atoms with van der Waals surface area (Å²) in [6.45, 7) is 5.82. The van der Waals surface area contributed by atoms with Crippen molar-refractivity contribution in [2.24, 2.45) is 4.99 Å². The lowest BCUT2D eigenvalue weighted by atomic mass is 9.95. The molecule has 188 valence electrons. The Morgan fingerprint density at radius 2 is 1.94 bits per heavy atom. The van der Waals surface area contributed by atoms with Crippen molar-refractivity contribution in [2.45, 2.75) is 39.3 Å². The molecule has 0 spiro atoms. The van der Waals surface area contributed by atoms with Gasteiger partial charge in [0.15, 0.2) is 16.3 Å². The van der Waals surface area contributed by atoms with Crippen molar-refractivity contribution in [1.82, 2.24) is 4.57 Å². The first kappa shape index (κ1) is 26.2. The smallest absolute Gasteiger partial charge is 0.338 e. The van der Waals surface area contributed by atoms with Crippen molar-refractivity contribution in [3.63, 3.8) is 0 Å². The van der Waals surface area contributed by atoms with Gasteiger partial charge in [-0.15, -0.1) is 0 Å². The maximum absolute atomic E-state index is 13.9. The molecule has 0 N–H and O–H groups in total. The molecule has 4 rings (SSSR count). The number of aromatic nitrogens is 1. The van der Waals surface area contributed by atoms with Crippen LogP contribution in [0.15, 0.2) is 63.5 Å². The van der Waals surface area contributed by atoms with Gasteiger partial charge in [0, 0.05) is 9.13 Å². The molecule has 7 nitrogen and oxygen atoms in total. The minimum atomic E-state index is -0.635. The maximum atomic E-state index is 13.9. The first-order valence-corrected chi connectivity index (χ1v) is 13.4.